The third-order valence-electron chi connectivity index (χ3n) is 4.08. The topological polar surface area (TPSA) is 18.5 Å². The van der Waals surface area contributed by atoms with Gasteiger partial charge in [-0.05, 0) is 17.7 Å². The molecule has 23 heavy (non-hydrogen) atoms. The highest BCUT2D eigenvalue weighted by Crippen LogP contribution is 2.42. The van der Waals surface area contributed by atoms with Crippen LogP contribution < -0.4 is 9.47 Å². The first-order chi connectivity index (χ1) is 11.2. The van der Waals surface area contributed by atoms with Crippen LogP contribution in [-0.4, -0.2) is 5.79 Å². The van der Waals surface area contributed by atoms with E-state index in [9.17, 15) is 0 Å². The van der Waals surface area contributed by atoms with E-state index < -0.39 is 5.79 Å². The molecule has 114 valence electrons. The molecule has 0 N–H and O–H groups in total. The Hall–Kier alpha value is -2.74. The molecule has 3 aromatic rings. The Bertz CT molecular complexity index is 777. The summed E-state index contributed by atoms with van der Waals surface area (Å²) in [6, 6.07) is 26.5. The molecule has 0 spiro atoms. The summed E-state index contributed by atoms with van der Waals surface area (Å²) in [6.07, 6.45) is 0.677. The van der Waals surface area contributed by atoms with E-state index in [1.54, 1.807) is 0 Å². The van der Waals surface area contributed by atoms with E-state index in [1.165, 1.54) is 5.56 Å². The van der Waals surface area contributed by atoms with Gasteiger partial charge >= 0.3 is 0 Å². The van der Waals surface area contributed by atoms with Gasteiger partial charge in [0.2, 0.25) is 0 Å². The molecular weight excluding hydrogens is 284 g/mol. The van der Waals surface area contributed by atoms with Gasteiger partial charge in [0.15, 0.2) is 0 Å². The standard InChI is InChI=1S/C21H18O2/c1-21(15-16-9-3-2-4-10-16)22-19-13-7-5-11-17(19)18-12-6-8-14-20(18)23-21/h2-14H,15H2,1H3. The van der Waals surface area contributed by atoms with Gasteiger partial charge < -0.3 is 9.47 Å². The van der Waals surface area contributed by atoms with Crippen molar-refractivity contribution in [1.29, 1.82) is 0 Å². The van der Waals surface area contributed by atoms with Crippen LogP contribution in [0.25, 0.3) is 11.1 Å². The maximum absolute atomic E-state index is 6.31. The van der Waals surface area contributed by atoms with Crippen molar-refractivity contribution in [3.63, 3.8) is 0 Å². The van der Waals surface area contributed by atoms with Crippen molar-refractivity contribution in [2.24, 2.45) is 0 Å². The highest BCUT2D eigenvalue weighted by Gasteiger charge is 2.34. The number of fused-ring (bicyclic) bond motifs is 3. The Labute approximate surface area is 136 Å². The van der Waals surface area contributed by atoms with E-state index in [1.807, 2.05) is 61.5 Å². The van der Waals surface area contributed by atoms with Gasteiger partial charge in [0.05, 0.1) is 0 Å². The van der Waals surface area contributed by atoms with Gasteiger partial charge in [0, 0.05) is 24.5 Å². The van der Waals surface area contributed by atoms with Crippen molar-refractivity contribution in [3.8, 4) is 22.6 Å². The van der Waals surface area contributed by atoms with E-state index in [0.717, 1.165) is 22.6 Å². The lowest BCUT2D eigenvalue weighted by molar-refractivity contribution is -0.0937. The molecule has 0 aliphatic carbocycles. The van der Waals surface area contributed by atoms with Gasteiger partial charge in [0.25, 0.3) is 5.79 Å². The van der Waals surface area contributed by atoms with Gasteiger partial charge in [-0.15, -0.1) is 0 Å². The minimum absolute atomic E-state index is 0.677. The Morgan fingerprint density at radius 1 is 0.652 bits per heavy atom. The quantitative estimate of drug-likeness (QED) is 0.657. The first kappa shape index (κ1) is 13.9. The Morgan fingerprint density at radius 3 is 1.70 bits per heavy atom. The van der Waals surface area contributed by atoms with Crippen LogP contribution in [0.1, 0.15) is 12.5 Å². The average molecular weight is 302 g/mol. The van der Waals surface area contributed by atoms with Gasteiger partial charge in [-0.2, -0.15) is 0 Å². The number of hydrogen-bond donors (Lipinski definition) is 0. The molecule has 2 heteroatoms. The molecule has 0 bridgehead atoms. The molecule has 0 radical (unpaired) electrons. The molecule has 0 fully saturated rings. The summed E-state index contributed by atoms with van der Waals surface area (Å²) in [6.45, 7) is 2.00. The fourth-order valence-corrected chi connectivity index (χ4v) is 3.08. The lowest BCUT2D eigenvalue weighted by Gasteiger charge is -2.30. The van der Waals surface area contributed by atoms with Crippen molar-refractivity contribution in [1.82, 2.24) is 0 Å². The van der Waals surface area contributed by atoms with E-state index in [4.69, 9.17) is 9.47 Å². The van der Waals surface area contributed by atoms with Crippen molar-refractivity contribution in [3.05, 3.63) is 84.4 Å². The Balaban J connectivity index is 1.80. The molecule has 0 saturated carbocycles. The zero-order valence-corrected chi connectivity index (χ0v) is 13.0. The Morgan fingerprint density at radius 2 is 1.13 bits per heavy atom. The van der Waals surface area contributed by atoms with Crippen LogP contribution in [0.2, 0.25) is 0 Å². The van der Waals surface area contributed by atoms with Crippen LogP contribution in [0, 0.1) is 0 Å². The molecule has 0 saturated heterocycles. The highest BCUT2D eigenvalue weighted by molar-refractivity contribution is 5.76. The fraction of sp³-hybridized carbons (Fsp3) is 0.143. The second-order valence-electron chi connectivity index (χ2n) is 5.99. The lowest BCUT2D eigenvalue weighted by Crippen LogP contribution is -2.41. The van der Waals surface area contributed by atoms with Crippen molar-refractivity contribution in [2.45, 2.75) is 19.1 Å². The number of ether oxygens (including phenoxy) is 2. The van der Waals surface area contributed by atoms with Crippen LogP contribution in [0.15, 0.2) is 78.9 Å². The molecule has 4 rings (SSSR count). The van der Waals surface area contributed by atoms with Gasteiger partial charge in [0.1, 0.15) is 11.5 Å². The van der Waals surface area contributed by atoms with E-state index in [-0.39, 0.29) is 0 Å². The third-order valence-corrected chi connectivity index (χ3v) is 4.08. The Kier molecular flexibility index (Phi) is 3.30. The summed E-state index contributed by atoms with van der Waals surface area (Å²) in [4.78, 5) is 0. The summed E-state index contributed by atoms with van der Waals surface area (Å²) in [5, 5.41) is 0. The molecule has 0 atom stereocenters. The van der Waals surface area contributed by atoms with E-state index >= 15 is 0 Å². The maximum atomic E-state index is 6.31. The minimum atomic E-state index is -0.746. The summed E-state index contributed by atoms with van der Waals surface area (Å²) in [5.41, 5.74) is 3.33. The van der Waals surface area contributed by atoms with Crippen molar-refractivity contribution < 1.29 is 9.47 Å². The normalized spacial score (nSPS) is 14.7. The summed E-state index contributed by atoms with van der Waals surface area (Å²) >= 11 is 0. The van der Waals surface area contributed by atoms with Gasteiger partial charge in [-0.3, -0.25) is 0 Å². The fourth-order valence-electron chi connectivity index (χ4n) is 3.08. The monoisotopic (exact) mass is 302 g/mol. The molecule has 3 aromatic carbocycles. The van der Waals surface area contributed by atoms with Crippen molar-refractivity contribution in [2.75, 3.05) is 0 Å². The van der Waals surface area contributed by atoms with E-state index in [0.29, 0.717) is 6.42 Å². The largest absolute Gasteiger partial charge is 0.452 e. The van der Waals surface area contributed by atoms with Crippen molar-refractivity contribution >= 4 is 0 Å². The third kappa shape index (κ3) is 2.68. The lowest BCUT2D eigenvalue weighted by atomic mass is 10.0. The summed E-state index contributed by atoms with van der Waals surface area (Å²) in [5.74, 6) is 0.969. The van der Waals surface area contributed by atoms with Crippen LogP contribution >= 0.6 is 0 Å². The first-order valence-electron chi connectivity index (χ1n) is 7.84. The van der Waals surface area contributed by atoms with Crippen LogP contribution in [0.5, 0.6) is 11.5 Å². The number of benzene rings is 3. The predicted octanol–water partition coefficient (Wildman–Crippen LogP) is 5.08. The van der Waals surface area contributed by atoms with Crippen LogP contribution in [0.3, 0.4) is 0 Å². The summed E-state index contributed by atoms with van der Waals surface area (Å²) < 4.78 is 12.6. The number of hydrogen-bond acceptors (Lipinski definition) is 2. The molecule has 1 aliphatic heterocycles. The number of rotatable bonds is 2. The molecule has 0 amide bonds. The zero-order chi connectivity index (χ0) is 15.7. The second-order valence-corrected chi connectivity index (χ2v) is 5.99. The predicted molar refractivity (Wildman–Crippen MR) is 91.7 cm³/mol. The maximum Gasteiger partial charge on any atom is 0.252 e. The van der Waals surface area contributed by atoms with Crippen LogP contribution in [0.4, 0.5) is 0 Å². The molecule has 1 heterocycles. The van der Waals surface area contributed by atoms with Crippen LogP contribution in [-0.2, 0) is 6.42 Å². The molecule has 1 aliphatic rings. The molecule has 2 nitrogen and oxygen atoms in total. The zero-order valence-electron chi connectivity index (χ0n) is 13.0. The molecule has 0 aromatic heterocycles. The molecular formula is C21H18O2. The highest BCUT2D eigenvalue weighted by atomic mass is 16.7. The first-order valence-corrected chi connectivity index (χ1v) is 7.84. The smallest absolute Gasteiger partial charge is 0.252 e. The SMILES string of the molecule is CC1(Cc2ccccc2)Oc2ccccc2-c2ccccc2O1. The summed E-state index contributed by atoms with van der Waals surface area (Å²) in [7, 11) is 0. The average Bonchev–Trinajstić information content (AvgIpc) is 2.69. The number of para-hydroxylation sites is 2. The molecule has 0 unspecified atom stereocenters. The second kappa shape index (κ2) is 5.47. The van der Waals surface area contributed by atoms with E-state index in [2.05, 4.69) is 24.3 Å². The van der Waals surface area contributed by atoms with Gasteiger partial charge in [-0.1, -0.05) is 66.7 Å². The minimum Gasteiger partial charge on any atom is -0.452 e. The van der Waals surface area contributed by atoms with Gasteiger partial charge in [-0.25, -0.2) is 0 Å².